The van der Waals surface area contributed by atoms with E-state index in [1.807, 2.05) is 13.0 Å². The summed E-state index contributed by atoms with van der Waals surface area (Å²) in [5, 5.41) is 11.7. The van der Waals surface area contributed by atoms with Crippen molar-refractivity contribution in [3.05, 3.63) is 34.7 Å². The van der Waals surface area contributed by atoms with E-state index in [1.165, 1.54) is 35.1 Å². The summed E-state index contributed by atoms with van der Waals surface area (Å²) in [7, 11) is 0. The summed E-state index contributed by atoms with van der Waals surface area (Å²) < 4.78 is 2.33. The number of carboxylic acids is 1. The number of carboxylic acid groups (broad SMARTS) is 1. The topological polar surface area (TPSA) is 42.2 Å². The van der Waals surface area contributed by atoms with Gasteiger partial charge in [-0.05, 0) is 37.3 Å². The summed E-state index contributed by atoms with van der Waals surface area (Å²) in [5.74, 6) is -0.0459. The first kappa shape index (κ1) is 12.0. The van der Waals surface area contributed by atoms with E-state index in [2.05, 4.69) is 22.8 Å². The van der Waals surface area contributed by atoms with Crippen molar-refractivity contribution in [2.45, 2.75) is 26.3 Å². The fourth-order valence-electron chi connectivity index (χ4n) is 2.98. The van der Waals surface area contributed by atoms with Crippen molar-refractivity contribution in [1.82, 2.24) is 4.57 Å². The Kier molecular flexibility index (Phi) is 2.45. The van der Waals surface area contributed by atoms with Gasteiger partial charge in [0.1, 0.15) is 9.71 Å². The van der Waals surface area contributed by atoms with E-state index in [0.717, 1.165) is 28.2 Å². The molecule has 0 aliphatic heterocycles. The number of aromatic nitrogens is 1. The molecule has 4 rings (SSSR count). The van der Waals surface area contributed by atoms with Crippen molar-refractivity contribution in [3.63, 3.8) is 0 Å². The van der Waals surface area contributed by atoms with E-state index in [0.29, 0.717) is 4.88 Å². The first-order valence-corrected chi connectivity index (χ1v) is 7.72. The monoisotopic (exact) mass is 285 g/mol. The van der Waals surface area contributed by atoms with Crippen LogP contribution in [0.5, 0.6) is 0 Å². The van der Waals surface area contributed by atoms with Gasteiger partial charge >= 0.3 is 5.97 Å². The molecule has 2 heterocycles. The fraction of sp³-hybridized carbons (Fsp3) is 0.312. The minimum Gasteiger partial charge on any atom is -0.477 e. The van der Waals surface area contributed by atoms with Gasteiger partial charge in [-0.3, -0.25) is 0 Å². The average Bonchev–Trinajstić information content (AvgIpc) is 3.11. The summed E-state index contributed by atoms with van der Waals surface area (Å²) >= 11 is 1.42. The molecule has 1 saturated carbocycles. The van der Waals surface area contributed by atoms with Crippen molar-refractivity contribution in [1.29, 1.82) is 0 Å². The van der Waals surface area contributed by atoms with Gasteiger partial charge < -0.3 is 9.67 Å². The van der Waals surface area contributed by atoms with E-state index in [-0.39, 0.29) is 0 Å². The quantitative estimate of drug-likeness (QED) is 0.780. The zero-order valence-electron chi connectivity index (χ0n) is 11.2. The first-order chi connectivity index (χ1) is 9.66. The smallest absolute Gasteiger partial charge is 0.346 e. The van der Waals surface area contributed by atoms with E-state index in [9.17, 15) is 9.90 Å². The third-order valence-electron chi connectivity index (χ3n) is 4.17. The molecule has 20 heavy (non-hydrogen) atoms. The molecular weight excluding hydrogens is 270 g/mol. The number of aryl methyl sites for hydroxylation is 1. The molecule has 4 heteroatoms. The van der Waals surface area contributed by atoms with Gasteiger partial charge in [-0.1, -0.05) is 18.2 Å². The number of fused-ring (bicyclic) bond motifs is 3. The number of para-hydroxylation sites is 1. The molecule has 1 aliphatic carbocycles. The molecular formula is C16H15NO2S. The Morgan fingerprint density at radius 2 is 2.15 bits per heavy atom. The largest absolute Gasteiger partial charge is 0.477 e. The van der Waals surface area contributed by atoms with Crippen LogP contribution >= 0.6 is 11.3 Å². The highest BCUT2D eigenvalue weighted by molar-refractivity contribution is 7.20. The molecule has 1 aliphatic rings. The van der Waals surface area contributed by atoms with Crippen molar-refractivity contribution in [2.75, 3.05) is 0 Å². The van der Waals surface area contributed by atoms with Crippen molar-refractivity contribution in [3.8, 4) is 0 Å². The maximum Gasteiger partial charge on any atom is 0.346 e. The maximum absolute atomic E-state index is 11.4. The van der Waals surface area contributed by atoms with Crippen molar-refractivity contribution in [2.24, 2.45) is 5.92 Å². The van der Waals surface area contributed by atoms with Crippen LogP contribution < -0.4 is 0 Å². The Bertz CT molecular complexity index is 839. The Labute approximate surface area is 120 Å². The lowest BCUT2D eigenvalue weighted by atomic mass is 10.1. The second-order valence-electron chi connectivity index (χ2n) is 5.61. The molecule has 0 atom stereocenters. The predicted molar refractivity (Wildman–Crippen MR) is 81.7 cm³/mol. The van der Waals surface area contributed by atoms with Gasteiger partial charge in [0.15, 0.2) is 0 Å². The van der Waals surface area contributed by atoms with Crippen molar-refractivity contribution < 1.29 is 9.90 Å². The van der Waals surface area contributed by atoms with E-state index >= 15 is 0 Å². The van der Waals surface area contributed by atoms with Crippen LogP contribution in [0, 0.1) is 12.8 Å². The average molecular weight is 285 g/mol. The number of rotatable bonds is 3. The van der Waals surface area contributed by atoms with Gasteiger partial charge in [0, 0.05) is 22.8 Å². The van der Waals surface area contributed by atoms with Gasteiger partial charge in [0.2, 0.25) is 0 Å². The van der Waals surface area contributed by atoms with Crippen LogP contribution in [0.15, 0.2) is 24.3 Å². The number of nitrogens with zero attached hydrogens (tertiary/aromatic N) is 1. The van der Waals surface area contributed by atoms with Crippen LogP contribution in [0.2, 0.25) is 0 Å². The number of thiophene rings is 1. The number of carbonyl (C=O) groups is 1. The van der Waals surface area contributed by atoms with Gasteiger partial charge in [-0.15, -0.1) is 11.3 Å². The number of benzene rings is 1. The van der Waals surface area contributed by atoms with Gasteiger partial charge in [-0.2, -0.15) is 0 Å². The van der Waals surface area contributed by atoms with E-state index in [4.69, 9.17) is 0 Å². The summed E-state index contributed by atoms with van der Waals surface area (Å²) in [6.45, 7) is 2.94. The standard InChI is InChI=1S/C16H15NO2S/c1-9-13-11-4-2-3-5-12(11)17(8-10-6-7-10)15(13)20-14(9)16(18)19/h2-5,10H,6-8H2,1H3,(H,18,19). The third kappa shape index (κ3) is 1.61. The highest BCUT2D eigenvalue weighted by Gasteiger charge is 2.26. The Balaban J connectivity index is 2.09. The summed E-state index contributed by atoms with van der Waals surface area (Å²) in [6.07, 6.45) is 2.59. The van der Waals surface area contributed by atoms with Gasteiger partial charge in [0.25, 0.3) is 0 Å². The number of aromatic carboxylic acids is 1. The van der Waals surface area contributed by atoms with E-state index in [1.54, 1.807) is 0 Å². The lowest BCUT2D eigenvalue weighted by molar-refractivity contribution is 0.0701. The summed E-state index contributed by atoms with van der Waals surface area (Å²) in [4.78, 5) is 13.0. The van der Waals surface area contributed by atoms with Crippen LogP contribution in [0.3, 0.4) is 0 Å². The summed E-state index contributed by atoms with van der Waals surface area (Å²) in [6, 6.07) is 8.33. The molecule has 3 nitrogen and oxygen atoms in total. The molecule has 102 valence electrons. The minimum absolute atomic E-state index is 0.477. The number of hydrogen-bond acceptors (Lipinski definition) is 2. The Hall–Kier alpha value is -1.81. The van der Waals surface area contributed by atoms with Crippen LogP contribution in [0.25, 0.3) is 21.1 Å². The molecule has 1 N–H and O–H groups in total. The lowest BCUT2D eigenvalue weighted by Crippen LogP contribution is -1.98. The van der Waals surface area contributed by atoms with Gasteiger partial charge in [-0.25, -0.2) is 4.79 Å². The Morgan fingerprint density at radius 1 is 1.40 bits per heavy atom. The molecule has 0 spiro atoms. The number of hydrogen-bond donors (Lipinski definition) is 1. The lowest BCUT2D eigenvalue weighted by Gasteiger charge is -2.04. The third-order valence-corrected chi connectivity index (χ3v) is 5.47. The molecule has 2 aromatic heterocycles. The first-order valence-electron chi connectivity index (χ1n) is 6.90. The highest BCUT2D eigenvalue weighted by Crippen LogP contribution is 2.41. The zero-order chi connectivity index (χ0) is 13.9. The molecule has 0 amide bonds. The molecule has 1 fully saturated rings. The second-order valence-corrected chi connectivity index (χ2v) is 6.61. The highest BCUT2D eigenvalue weighted by atomic mass is 32.1. The molecule has 0 saturated heterocycles. The van der Waals surface area contributed by atoms with Crippen LogP contribution in [0.1, 0.15) is 28.1 Å². The van der Waals surface area contributed by atoms with Crippen LogP contribution in [-0.4, -0.2) is 15.6 Å². The SMILES string of the molecule is Cc1c(C(=O)O)sc2c1c1ccccc1n2CC1CC1. The van der Waals surface area contributed by atoms with Crippen molar-refractivity contribution >= 4 is 38.4 Å². The van der Waals surface area contributed by atoms with E-state index < -0.39 is 5.97 Å². The molecule has 1 aromatic carbocycles. The van der Waals surface area contributed by atoms with Gasteiger partial charge in [0.05, 0.1) is 0 Å². The minimum atomic E-state index is -0.814. The molecule has 0 unspecified atom stereocenters. The zero-order valence-corrected chi connectivity index (χ0v) is 12.0. The fourth-order valence-corrected chi connectivity index (χ4v) is 4.16. The maximum atomic E-state index is 11.4. The predicted octanol–water partition coefficient (Wildman–Crippen LogP) is 4.27. The molecule has 3 aromatic rings. The summed E-state index contributed by atoms with van der Waals surface area (Å²) in [5.41, 5.74) is 2.14. The normalized spacial score (nSPS) is 15.2. The van der Waals surface area contributed by atoms with Crippen LogP contribution in [0.4, 0.5) is 0 Å². The second kappa shape index (κ2) is 4.09. The molecule has 0 radical (unpaired) electrons. The Morgan fingerprint density at radius 3 is 2.85 bits per heavy atom. The van der Waals surface area contributed by atoms with Crippen LogP contribution in [-0.2, 0) is 6.54 Å². The molecule has 0 bridgehead atoms.